The first-order chi connectivity index (χ1) is 12.5. The number of benzene rings is 1. The number of rotatable bonds is 4. The van der Waals surface area contributed by atoms with Crippen molar-refractivity contribution in [1.82, 2.24) is 25.1 Å². The molecule has 0 atom stereocenters. The molecule has 0 saturated heterocycles. The van der Waals surface area contributed by atoms with Crippen molar-refractivity contribution in [1.29, 1.82) is 0 Å². The summed E-state index contributed by atoms with van der Waals surface area (Å²) in [6.07, 6.45) is -2.88. The smallest absolute Gasteiger partial charge is 0.329 e. The lowest BCUT2D eigenvalue weighted by molar-refractivity contribution is -0.159. The molecule has 0 aliphatic carbocycles. The van der Waals surface area contributed by atoms with Crippen molar-refractivity contribution in [2.45, 2.75) is 12.7 Å². The zero-order valence-corrected chi connectivity index (χ0v) is 13.8. The van der Waals surface area contributed by atoms with Crippen molar-refractivity contribution >= 4 is 11.3 Å². The van der Waals surface area contributed by atoms with Gasteiger partial charge in [0.15, 0.2) is 0 Å². The van der Waals surface area contributed by atoms with E-state index in [0.717, 1.165) is 10.4 Å². The third-order valence-electron chi connectivity index (χ3n) is 3.47. The molecule has 132 valence electrons. The summed E-state index contributed by atoms with van der Waals surface area (Å²) in [4.78, 5) is 4.59. The summed E-state index contributed by atoms with van der Waals surface area (Å²) in [6, 6.07) is 13.2. The Morgan fingerprint density at radius 3 is 2.54 bits per heavy atom. The highest BCUT2D eigenvalue weighted by atomic mass is 32.1. The Morgan fingerprint density at radius 1 is 1.04 bits per heavy atom. The van der Waals surface area contributed by atoms with Crippen LogP contribution in [0.1, 0.15) is 11.5 Å². The number of nitrogens with zero attached hydrogens (tertiary/aromatic N) is 5. The van der Waals surface area contributed by atoms with Gasteiger partial charge in [0.2, 0.25) is 5.82 Å². The molecule has 0 aliphatic heterocycles. The van der Waals surface area contributed by atoms with Crippen LogP contribution in [0.2, 0.25) is 0 Å². The molecular weight excluding hydrogens is 367 g/mol. The standard InChI is InChI=1S/C16H10F3N5OS/c17-16(18,19)15-20-14(22-25-15)13-7-6-12(26-13)11-9-24(23-21-11)8-10-4-2-1-3-5-10/h1-7,9H,8H2. The van der Waals surface area contributed by atoms with Crippen LogP contribution in [-0.4, -0.2) is 25.1 Å². The number of halogens is 3. The Kier molecular flexibility index (Phi) is 4.03. The lowest BCUT2D eigenvalue weighted by Crippen LogP contribution is -2.04. The van der Waals surface area contributed by atoms with E-state index in [1.807, 2.05) is 30.3 Å². The van der Waals surface area contributed by atoms with Crippen LogP contribution in [-0.2, 0) is 12.7 Å². The molecule has 6 nitrogen and oxygen atoms in total. The molecule has 0 saturated carbocycles. The highest BCUT2D eigenvalue weighted by Gasteiger charge is 2.38. The molecule has 3 heterocycles. The largest absolute Gasteiger partial charge is 0.471 e. The van der Waals surface area contributed by atoms with Crippen LogP contribution >= 0.6 is 11.3 Å². The molecule has 0 spiro atoms. The van der Waals surface area contributed by atoms with Gasteiger partial charge in [-0.05, 0) is 17.7 Å². The van der Waals surface area contributed by atoms with Gasteiger partial charge in [0.05, 0.1) is 22.5 Å². The van der Waals surface area contributed by atoms with Gasteiger partial charge in [-0.1, -0.05) is 40.7 Å². The summed E-state index contributed by atoms with van der Waals surface area (Å²) in [5.41, 5.74) is 1.71. The van der Waals surface area contributed by atoms with Gasteiger partial charge in [0, 0.05) is 0 Å². The highest BCUT2D eigenvalue weighted by Crippen LogP contribution is 2.34. The predicted octanol–water partition coefficient (Wildman–Crippen LogP) is 4.12. The maximum Gasteiger partial charge on any atom is 0.471 e. The average Bonchev–Trinajstić information content (AvgIpc) is 3.35. The SMILES string of the molecule is FC(F)(F)c1nc(-c2ccc(-c3cn(Cc4ccccc4)nn3)s2)no1. The van der Waals surface area contributed by atoms with E-state index in [1.54, 1.807) is 23.0 Å². The summed E-state index contributed by atoms with van der Waals surface area (Å²) in [5, 5.41) is 11.6. The van der Waals surface area contributed by atoms with E-state index < -0.39 is 12.1 Å². The first kappa shape index (κ1) is 16.5. The quantitative estimate of drug-likeness (QED) is 0.535. The van der Waals surface area contributed by atoms with Crippen molar-refractivity contribution in [2.75, 3.05) is 0 Å². The number of hydrogen-bond acceptors (Lipinski definition) is 6. The van der Waals surface area contributed by atoms with Crippen molar-refractivity contribution in [3.8, 4) is 21.3 Å². The second-order valence-electron chi connectivity index (χ2n) is 5.37. The van der Waals surface area contributed by atoms with E-state index in [4.69, 9.17) is 0 Å². The Labute approximate surface area is 148 Å². The minimum Gasteiger partial charge on any atom is -0.329 e. The van der Waals surface area contributed by atoms with Gasteiger partial charge in [-0.3, -0.25) is 0 Å². The average molecular weight is 377 g/mol. The third-order valence-corrected chi connectivity index (χ3v) is 4.58. The van der Waals surface area contributed by atoms with E-state index in [2.05, 4.69) is 25.0 Å². The van der Waals surface area contributed by atoms with Gasteiger partial charge in [0.25, 0.3) is 0 Å². The fourth-order valence-corrected chi connectivity index (χ4v) is 3.17. The summed E-state index contributed by atoms with van der Waals surface area (Å²) in [7, 11) is 0. The minimum atomic E-state index is -4.66. The van der Waals surface area contributed by atoms with Crippen LogP contribution in [0.4, 0.5) is 13.2 Å². The molecule has 0 unspecified atom stereocenters. The summed E-state index contributed by atoms with van der Waals surface area (Å²) < 4.78 is 43.6. The van der Waals surface area contributed by atoms with Crippen LogP contribution in [0.5, 0.6) is 0 Å². The van der Waals surface area contributed by atoms with Crippen molar-refractivity contribution < 1.29 is 17.7 Å². The lowest BCUT2D eigenvalue weighted by atomic mass is 10.2. The van der Waals surface area contributed by atoms with Gasteiger partial charge in [-0.2, -0.15) is 18.2 Å². The molecule has 1 aromatic carbocycles. The molecule has 10 heteroatoms. The molecule has 26 heavy (non-hydrogen) atoms. The maximum atomic E-state index is 12.6. The van der Waals surface area contributed by atoms with Crippen molar-refractivity contribution in [2.24, 2.45) is 0 Å². The summed E-state index contributed by atoms with van der Waals surface area (Å²) >= 11 is 1.21. The van der Waals surface area contributed by atoms with E-state index >= 15 is 0 Å². The second kappa shape index (κ2) is 6.37. The number of aromatic nitrogens is 5. The lowest BCUT2D eigenvalue weighted by Gasteiger charge is -1.99. The zero-order chi connectivity index (χ0) is 18.1. The molecule has 0 bridgehead atoms. The fourth-order valence-electron chi connectivity index (χ4n) is 2.29. The van der Waals surface area contributed by atoms with Gasteiger partial charge in [-0.25, -0.2) is 4.68 Å². The molecule has 3 aromatic heterocycles. The second-order valence-corrected chi connectivity index (χ2v) is 6.46. The van der Waals surface area contributed by atoms with Crippen molar-refractivity contribution in [3.05, 3.63) is 60.1 Å². The molecule has 0 fully saturated rings. The maximum absolute atomic E-state index is 12.6. The number of alkyl halides is 3. The summed E-state index contributed by atoms with van der Waals surface area (Å²) in [6.45, 7) is 0.575. The topological polar surface area (TPSA) is 69.6 Å². The van der Waals surface area contributed by atoms with Gasteiger partial charge < -0.3 is 4.52 Å². The summed E-state index contributed by atoms with van der Waals surface area (Å²) in [5.74, 6) is -1.47. The molecule has 0 aliphatic rings. The van der Waals surface area contributed by atoms with E-state index in [-0.39, 0.29) is 5.82 Å². The zero-order valence-electron chi connectivity index (χ0n) is 13.0. The van der Waals surface area contributed by atoms with Crippen LogP contribution in [0.3, 0.4) is 0 Å². The molecule has 0 radical (unpaired) electrons. The molecular formula is C16H10F3N5OS. The first-order valence-electron chi connectivity index (χ1n) is 7.44. The highest BCUT2D eigenvalue weighted by molar-refractivity contribution is 7.18. The molecule has 4 rings (SSSR count). The van der Waals surface area contributed by atoms with Crippen molar-refractivity contribution in [3.63, 3.8) is 0 Å². The van der Waals surface area contributed by atoms with Crippen LogP contribution < -0.4 is 0 Å². The van der Waals surface area contributed by atoms with Crippen LogP contribution in [0.15, 0.2) is 53.2 Å². The van der Waals surface area contributed by atoms with E-state index in [0.29, 0.717) is 17.1 Å². The van der Waals surface area contributed by atoms with E-state index in [1.165, 1.54) is 11.3 Å². The normalized spacial score (nSPS) is 11.8. The first-order valence-corrected chi connectivity index (χ1v) is 8.26. The van der Waals surface area contributed by atoms with Crippen LogP contribution in [0.25, 0.3) is 21.3 Å². The third kappa shape index (κ3) is 3.36. The Hall–Kier alpha value is -3.01. The fraction of sp³-hybridized carbons (Fsp3) is 0.125. The molecule has 0 N–H and O–H groups in total. The van der Waals surface area contributed by atoms with Gasteiger partial charge >= 0.3 is 12.1 Å². The monoisotopic (exact) mass is 377 g/mol. The Bertz CT molecular complexity index is 1020. The minimum absolute atomic E-state index is 0.106. The Morgan fingerprint density at radius 2 is 1.81 bits per heavy atom. The van der Waals surface area contributed by atoms with Gasteiger partial charge in [0.1, 0.15) is 5.69 Å². The predicted molar refractivity (Wildman–Crippen MR) is 87.2 cm³/mol. The molecule has 4 aromatic rings. The number of hydrogen-bond donors (Lipinski definition) is 0. The van der Waals surface area contributed by atoms with Gasteiger partial charge in [-0.15, -0.1) is 16.4 Å². The Balaban J connectivity index is 1.54. The van der Waals surface area contributed by atoms with Crippen LogP contribution in [0, 0.1) is 0 Å². The molecule has 0 amide bonds. The number of thiophene rings is 1. The van der Waals surface area contributed by atoms with E-state index in [9.17, 15) is 13.2 Å².